The molecule has 1 aromatic rings. The summed E-state index contributed by atoms with van der Waals surface area (Å²) in [6, 6.07) is 5.80. The highest BCUT2D eigenvalue weighted by Gasteiger charge is 2.11. The Morgan fingerprint density at radius 1 is 1.32 bits per heavy atom. The van der Waals surface area contributed by atoms with Crippen molar-refractivity contribution in [2.24, 2.45) is 0 Å². The molecule has 2 amide bonds. The number of unbranched alkanes of at least 4 members (excludes halogenated alkanes) is 1. The number of hydrogen-bond donors (Lipinski definition) is 2. The molecule has 0 saturated carbocycles. The second-order valence-electron chi connectivity index (χ2n) is 4.35. The van der Waals surface area contributed by atoms with Crippen LogP contribution >= 0.6 is 0 Å². The van der Waals surface area contributed by atoms with Crippen LogP contribution in [0.5, 0.6) is 0 Å². The van der Waals surface area contributed by atoms with Gasteiger partial charge in [0, 0.05) is 19.6 Å². The van der Waals surface area contributed by atoms with E-state index >= 15 is 0 Å². The van der Waals surface area contributed by atoms with Crippen molar-refractivity contribution < 1.29 is 14.3 Å². The third-order valence-electron chi connectivity index (χ3n) is 2.80. The van der Waals surface area contributed by atoms with Crippen LogP contribution in [0.1, 0.15) is 25.3 Å². The van der Waals surface area contributed by atoms with Crippen molar-refractivity contribution in [3.63, 3.8) is 0 Å². The Labute approximate surface area is 113 Å². The number of nitrogens with zero attached hydrogens (tertiary/aromatic N) is 1. The lowest BCUT2D eigenvalue weighted by atomic mass is 10.2. The van der Waals surface area contributed by atoms with Crippen molar-refractivity contribution in [1.82, 2.24) is 10.2 Å². The number of benzene rings is 1. The molecule has 0 spiro atoms. The Balaban J connectivity index is 2.44. The highest BCUT2D eigenvalue weighted by atomic mass is 19.1. The van der Waals surface area contributed by atoms with Gasteiger partial charge in [0.15, 0.2) is 0 Å². The molecule has 0 radical (unpaired) electrons. The molecule has 0 atom stereocenters. The molecule has 2 N–H and O–H groups in total. The maximum absolute atomic E-state index is 12.7. The van der Waals surface area contributed by atoms with Crippen molar-refractivity contribution in [2.75, 3.05) is 19.7 Å². The first-order valence-corrected chi connectivity index (χ1v) is 6.55. The highest BCUT2D eigenvalue weighted by molar-refractivity contribution is 5.74. The van der Waals surface area contributed by atoms with Gasteiger partial charge in [-0.05, 0) is 24.1 Å². The molecule has 0 aliphatic heterocycles. The lowest BCUT2D eigenvalue weighted by Gasteiger charge is -2.22. The Bertz CT molecular complexity index is 382. The molecule has 0 fully saturated rings. The van der Waals surface area contributed by atoms with Gasteiger partial charge < -0.3 is 15.3 Å². The van der Waals surface area contributed by atoms with E-state index in [1.807, 2.05) is 6.92 Å². The van der Waals surface area contributed by atoms with Crippen LogP contribution in [0, 0.1) is 5.82 Å². The number of aliphatic hydroxyl groups is 1. The fourth-order valence-electron chi connectivity index (χ4n) is 1.68. The molecule has 0 unspecified atom stereocenters. The van der Waals surface area contributed by atoms with E-state index < -0.39 is 0 Å². The van der Waals surface area contributed by atoms with Crippen molar-refractivity contribution in [3.05, 3.63) is 35.6 Å². The number of aliphatic hydroxyl groups excluding tert-OH is 1. The van der Waals surface area contributed by atoms with Gasteiger partial charge in [-0.25, -0.2) is 9.18 Å². The number of urea groups is 1. The maximum atomic E-state index is 12.7. The van der Waals surface area contributed by atoms with Crippen molar-refractivity contribution in [3.8, 4) is 0 Å². The van der Waals surface area contributed by atoms with Crippen molar-refractivity contribution in [1.29, 1.82) is 0 Å². The number of amides is 2. The summed E-state index contributed by atoms with van der Waals surface area (Å²) in [6.45, 7) is 3.32. The third-order valence-corrected chi connectivity index (χ3v) is 2.80. The molecular weight excluding hydrogens is 247 g/mol. The summed E-state index contributed by atoms with van der Waals surface area (Å²) in [7, 11) is 0. The van der Waals surface area contributed by atoms with Crippen LogP contribution in [0.15, 0.2) is 24.3 Å². The van der Waals surface area contributed by atoms with E-state index in [-0.39, 0.29) is 18.5 Å². The number of carbonyl (C=O) groups is 1. The largest absolute Gasteiger partial charge is 0.395 e. The molecular formula is C14H21FN2O2. The quantitative estimate of drug-likeness (QED) is 0.796. The lowest BCUT2D eigenvalue weighted by molar-refractivity contribution is 0.176. The van der Waals surface area contributed by atoms with Gasteiger partial charge in [0.25, 0.3) is 0 Å². The molecule has 0 aromatic heterocycles. The second-order valence-corrected chi connectivity index (χ2v) is 4.35. The SMILES string of the molecule is CCCCN(CCO)C(=O)NCc1ccc(F)cc1. The number of nitrogens with one attached hydrogen (secondary N) is 1. The van der Waals surface area contributed by atoms with E-state index in [1.54, 1.807) is 17.0 Å². The van der Waals surface area contributed by atoms with Crippen LogP contribution in [-0.4, -0.2) is 35.7 Å². The molecule has 0 aliphatic carbocycles. The summed E-state index contributed by atoms with van der Waals surface area (Å²) >= 11 is 0. The van der Waals surface area contributed by atoms with E-state index in [9.17, 15) is 9.18 Å². The molecule has 0 saturated heterocycles. The maximum Gasteiger partial charge on any atom is 0.317 e. The Morgan fingerprint density at radius 2 is 2.00 bits per heavy atom. The average Bonchev–Trinajstić information content (AvgIpc) is 2.42. The zero-order valence-corrected chi connectivity index (χ0v) is 11.2. The Morgan fingerprint density at radius 3 is 2.58 bits per heavy atom. The lowest BCUT2D eigenvalue weighted by Crippen LogP contribution is -2.41. The molecule has 1 aromatic carbocycles. The molecule has 0 aliphatic rings. The van der Waals surface area contributed by atoms with Crippen LogP contribution in [0.25, 0.3) is 0 Å². The highest BCUT2D eigenvalue weighted by Crippen LogP contribution is 2.03. The number of halogens is 1. The van der Waals surface area contributed by atoms with E-state index in [2.05, 4.69) is 5.32 Å². The molecule has 4 nitrogen and oxygen atoms in total. The third kappa shape index (κ3) is 5.70. The Hall–Kier alpha value is -1.62. The molecule has 0 bridgehead atoms. The number of hydrogen-bond acceptors (Lipinski definition) is 2. The molecule has 1 rings (SSSR count). The van der Waals surface area contributed by atoms with Gasteiger partial charge in [-0.2, -0.15) is 0 Å². The normalized spacial score (nSPS) is 10.3. The summed E-state index contributed by atoms with van der Waals surface area (Å²) < 4.78 is 12.7. The predicted octanol–water partition coefficient (Wildman–Crippen LogP) is 2.13. The zero-order chi connectivity index (χ0) is 14.1. The minimum atomic E-state index is -0.292. The first-order valence-electron chi connectivity index (χ1n) is 6.55. The van der Waals surface area contributed by atoms with Crippen LogP contribution < -0.4 is 5.32 Å². The summed E-state index contributed by atoms with van der Waals surface area (Å²) in [5, 5.41) is 11.7. The second kappa shape index (κ2) is 8.48. The summed E-state index contributed by atoms with van der Waals surface area (Å²) in [6.07, 6.45) is 1.90. The number of carbonyl (C=O) groups excluding carboxylic acids is 1. The monoisotopic (exact) mass is 268 g/mol. The van der Waals surface area contributed by atoms with Crippen LogP contribution in [0.4, 0.5) is 9.18 Å². The standard InChI is InChI=1S/C14H21FN2O2/c1-2-3-8-17(9-10-18)14(19)16-11-12-4-6-13(15)7-5-12/h4-7,18H,2-3,8-11H2,1H3,(H,16,19). The van der Waals surface area contributed by atoms with Gasteiger partial charge in [-0.1, -0.05) is 25.5 Å². The van der Waals surface area contributed by atoms with Gasteiger partial charge in [-0.15, -0.1) is 0 Å². The van der Waals surface area contributed by atoms with Crippen LogP contribution in [0.3, 0.4) is 0 Å². The smallest absolute Gasteiger partial charge is 0.317 e. The van der Waals surface area contributed by atoms with E-state index in [0.717, 1.165) is 18.4 Å². The van der Waals surface area contributed by atoms with E-state index in [4.69, 9.17) is 5.11 Å². The van der Waals surface area contributed by atoms with Gasteiger partial charge >= 0.3 is 6.03 Å². The van der Waals surface area contributed by atoms with Crippen LogP contribution in [0.2, 0.25) is 0 Å². The van der Waals surface area contributed by atoms with Gasteiger partial charge in [0.2, 0.25) is 0 Å². The molecule has 0 heterocycles. The fraction of sp³-hybridized carbons (Fsp3) is 0.500. The molecule has 5 heteroatoms. The zero-order valence-electron chi connectivity index (χ0n) is 11.2. The van der Waals surface area contributed by atoms with Gasteiger partial charge in [0.1, 0.15) is 5.82 Å². The summed E-state index contributed by atoms with van der Waals surface area (Å²) in [5.41, 5.74) is 0.842. The first kappa shape index (κ1) is 15.4. The van der Waals surface area contributed by atoms with E-state index in [0.29, 0.717) is 19.6 Å². The summed E-state index contributed by atoms with van der Waals surface area (Å²) in [4.78, 5) is 13.5. The average molecular weight is 268 g/mol. The fourth-order valence-corrected chi connectivity index (χ4v) is 1.68. The molecule has 106 valence electrons. The number of rotatable bonds is 7. The Kier molecular flexibility index (Phi) is 6.89. The van der Waals surface area contributed by atoms with E-state index in [1.165, 1.54) is 12.1 Å². The minimum Gasteiger partial charge on any atom is -0.395 e. The predicted molar refractivity (Wildman–Crippen MR) is 72.2 cm³/mol. The van der Waals surface area contributed by atoms with Gasteiger partial charge in [-0.3, -0.25) is 0 Å². The summed E-state index contributed by atoms with van der Waals surface area (Å²) in [5.74, 6) is -0.292. The molecule has 19 heavy (non-hydrogen) atoms. The van der Waals surface area contributed by atoms with Crippen molar-refractivity contribution >= 4 is 6.03 Å². The minimum absolute atomic E-state index is 0.0479. The topological polar surface area (TPSA) is 52.6 Å². The first-order chi connectivity index (χ1) is 9.17. The van der Waals surface area contributed by atoms with Crippen LogP contribution in [-0.2, 0) is 6.54 Å². The van der Waals surface area contributed by atoms with Gasteiger partial charge in [0.05, 0.1) is 6.61 Å². The van der Waals surface area contributed by atoms with Crippen molar-refractivity contribution in [2.45, 2.75) is 26.3 Å².